The van der Waals surface area contributed by atoms with Gasteiger partial charge in [0.2, 0.25) is 0 Å². The zero-order valence-corrected chi connectivity index (χ0v) is 11.5. The number of hydrogen-bond acceptors (Lipinski definition) is 5. The lowest BCUT2D eigenvalue weighted by atomic mass is 10.1. The van der Waals surface area contributed by atoms with E-state index in [1.165, 1.54) is 6.07 Å². The molecule has 0 radical (unpaired) electrons. The maximum absolute atomic E-state index is 11.7. The summed E-state index contributed by atoms with van der Waals surface area (Å²) in [5, 5.41) is 9.70. The minimum absolute atomic E-state index is 0.0311. The standard InChI is InChI=1S/C14H18O5/c1-9-6-5-7-10(12(9)16)13(17)18-8-11(15)19-14(2,3)4/h5-7,16H,8H2,1-4H3. The van der Waals surface area contributed by atoms with Crippen LogP contribution in [0.3, 0.4) is 0 Å². The van der Waals surface area contributed by atoms with E-state index in [1.807, 2.05) is 0 Å². The molecule has 0 unspecified atom stereocenters. The van der Waals surface area contributed by atoms with Gasteiger partial charge in [-0.3, -0.25) is 0 Å². The minimum Gasteiger partial charge on any atom is -0.507 e. The van der Waals surface area contributed by atoms with Crippen LogP contribution in [0.25, 0.3) is 0 Å². The summed E-state index contributed by atoms with van der Waals surface area (Å²) in [4.78, 5) is 23.1. The third-order valence-electron chi connectivity index (χ3n) is 2.20. The molecule has 0 aliphatic heterocycles. The van der Waals surface area contributed by atoms with Gasteiger partial charge in [0.15, 0.2) is 6.61 Å². The normalized spacial score (nSPS) is 10.9. The average molecular weight is 266 g/mol. The number of benzene rings is 1. The van der Waals surface area contributed by atoms with Crippen molar-refractivity contribution in [3.05, 3.63) is 29.3 Å². The number of phenols is 1. The molecule has 0 aromatic heterocycles. The second kappa shape index (κ2) is 5.73. The molecule has 1 aromatic rings. The summed E-state index contributed by atoms with van der Waals surface area (Å²) in [5.41, 5.74) is -0.0371. The number of hydrogen-bond donors (Lipinski definition) is 1. The van der Waals surface area contributed by atoms with Crippen molar-refractivity contribution in [3.8, 4) is 5.75 Å². The van der Waals surface area contributed by atoms with Gasteiger partial charge in [0.25, 0.3) is 0 Å². The summed E-state index contributed by atoms with van der Waals surface area (Å²) in [6, 6.07) is 4.72. The van der Waals surface area contributed by atoms with Gasteiger partial charge >= 0.3 is 11.9 Å². The number of ether oxygens (including phenoxy) is 2. The number of para-hydroxylation sites is 1. The molecule has 0 aliphatic rings. The molecular weight excluding hydrogens is 248 g/mol. The molecule has 0 heterocycles. The van der Waals surface area contributed by atoms with E-state index in [0.717, 1.165) is 0 Å². The maximum Gasteiger partial charge on any atom is 0.344 e. The summed E-state index contributed by atoms with van der Waals surface area (Å²) in [5.74, 6) is -1.53. The van der Waals surface area contributed by atoms with Gasteiger partial charge in [-0.15, -0.1) is 0 Å². The Hall–Kier alpha value is -2.04. The quantitative estimate of drug-likeness (QED) is 0.849. The van der Waals surface area contributed by atoms with Gasteiger partial charge in [-0.25, -0.2) is 9.59 Å². The van der Waals surface area contributed by atoms with E-state index in [0.29, 0.717) is 5.56 Å². The van der Waals surface area contributed by atoms with Gasteiger partial charge in [0.1, 0.15) is 16.9 Å². The molecule has 0 spiro atoms. The third kappa shape index (κ3) is 4.62. The molecule has 0 fully saturated rings. The second-order valence-electron chi connectivity index (χ2n) is 5.13. The van der Waals surface area contributed by atoms with Crippen LogP contribution in [0.1, 0.15) is 36.7 Å². The fourth-order valence-corrected chi connectivity index (χ4v) is 1.40. The highest BCUT2D eigenvalue weighted by Gasteiger charge is 2.19. The molecule has 19 heavy (non-hydrogen) atoms. The average Bonchev–Trinajstić information content (AvgIpc) is 2.27. The van der Waals surface area contributed by atoms with E-state index in [2.05, 4.69) is 0 Å². The Balaban J connectivity index is 2.61. The summed E-state index contributed by atoms with van der Waals surface area (Å²) in [7, 11) is 0. The van der Waals surface area contributed by atoms with Crippen molar-refractivity contribution < 1.29 is 24.2 Å². The molecule has 1 aromatic carbocycles. The first-order chi connectivity index (χ1) is 8.70. The van der Waals surface area contributed by atoms with Gasteiger partial charge < -0.3 is 14.6 Å². The highest BCUT2D eigenvalue weighted by molar-refractivity contribution is 5.93. The van der Waals surface area contributed by atoms with Crippen LogP contribution >= 0.6 is 0 Å². The van der Waals surface area contributed by atoms with Crippen molar-refractivity contribution in [1.82, 2.24) is 0 Å². The van der Waals surface area contributed by atoms with E-state index < -0.39 is 24.1 Å². The molecule has 0 bridgehead atoms. The molecule has 0 amide bonds. The monoisotopic (exact) mass is 266 g/mol. The van der Waals surface area contributed by atoms with Crippen LogP contribution in [-0.4, -0.2) is 29.3 Å². The SMILES string of the molecule is Cc1cccc(C(=O)OCC(=O)OC(C)(C)C)c1O. The number of phenolic OH excluding ortho intramolecular Hbond substituents is 1. The molecule has 5 heteroatoms. The van der Waals surface area contributed by atoms with Gasteiger partial charge in [0, 0.05) is 0 Å². The van der Waals surface area contributed by atoms with Crippen LogP contribution in [0.4, 0.5) is 0 Å². The Morgan fingerprint density at radius 1 is 1.26 bits per heavy atom. The first-order valence-electron chi connectivity index (χ1n) is 5.88. The Bertz CT molecular complexity index is 485. The van der Waals surface area contributed by atoms with Gasteiger partial charge in [-0.1, -0.05) is 12.1 Å². The van der Waals surface area contributed by atoms with Crippen LogP contribution in [0.15, 0.2) is 18.2 Å². The zero-order chi connectivity index (χ0) is 14.6. The zero-order valence-electron chi connectivity index (χ0n) is 11.5. The Morgan fingerprint density at radius 3 is 2.47 bits per heavy atom. The van der Waals surface area contributed by atoms with Crippen molar-refractivity contribution in [2.75, 3.05) is 6.61 Å². The highest BCUT2D eigenvalue weighted by atomic mass is 16.6. The summed E-state index contributed by atoms with van der Waals surface area (Å²) in [6.45, 7) is 6.35. The molecule has 1 N–H and O–H groups in total. The Labute approximate surface area is 112 Å². The molecule has 1 rings (SSSR count). The fraction of sp³-hybridized carbons (Fsp3) is 0.429. The van der Waals surface area contributed by atoms with Crippen LogP contribution in [0.2, 0.25) is 0 Å². The van der Waals surface area contributed by atoms with Crippen molar-refractivity contribution in [2.45, 2.75) is 33.3 Å². The molecule has 104 valence electrons. The summed E-state index contributed by atoms with van der Waals surface area (Å²) < 4.78 is 9.80. The molecule has 0 saturated carbocycles. The molecule has 0 aliphatic carbocycles. The fourth-order valence-electron chi connectivity index (χ4n) is 1.40. The number of carbonyl (C=O) groups is 2. The predicted octanol–water partition coefficient (Wildman–Crippen LogP) is 2.20. The van der Waals surface area contributed by atoms with Crippen LogP contribution in [0, 0.1) is 6.92 Å². The lowest BCUT2D eigenvalue weighted by Gasteiger charge is -2.19. The minimum atomic E-state index is -0.757. The Kier molecular flexibility index (Phi) is 4.53. The number of aromatic hydroxyl groups is 1. The van der Waals surface area contributed by atoms with Crippen LogP contribution in [0.5, 0.6) is 5.75 Å². The van der Waals surface area contributed by atoms with E-state index >= 15 is 0 Å². The van der Waals surface area contributed by atoms with Gasteiger partial charge in [-0.05, 0) is 39.3 Å². The number of esters is 2. The molecule has 0 atom stereocenters. The lowest BCUT2D eigenvalue weighted by Crippen LogP contribution is -2.27. The molecule has 5 nitrogen and oxygen atoms in total. The third-order valence-corrected chi connectivity index (χ3v) is 2.20. The number of rotatable bonds is 3. The van der Waals surface area contributed by atoms with Crippen LogP contribution < -0.4 is 0 Å². The van der Waals surface area contributed by atoms with Gasteiger partial charge in [-0.2, -0.15) is 0 Å². The largest absolute Gasteiger partial charge is 0.507 e. The van der Waals surface area contributed by atoms with E-state index in [4.69, 9.17) is 9.47 Å². The van der Waals surface area contributed by atoms with Gasteiger partial charge in [0.05, 0.1) is 0 Å². The van der Waals surface area contributed by atoms with Crippen molar-refractivity contribution >= 4 is 11.9 Å². The van der Waals surface area contributed by atoms with Crippen molar-refractivity contribution in [2.24, 2.45) is 0 Å². The summed E-state index contributed by atoms with van der Waals surface area (Å²) in [6.07, 6.45) is 0. The first kappa shape index (κ1) is 15.0. The van der Waals surface area contributed by atoms with E-state index in [-0.39, 0.29) is 11.3 Å². The number of carbonyl (C=O) groups excluding carboxylic acids is 2. The second-order valence-corrected chi connectivity index (χ2v) is 5.13. The highest BCUT2D eigenvalue weighted by Crippen LogP contribution is 2.22. The van der Waals surface area contributed by atoms with Crippen LogP contribution in [-0.2, 0) is 14.3 Å². The van der Waals surface area contributed by atoms with E-state index in [1.54, 1.807) is 39.8 Å². The Morgan fingerprint density at radius 2 is 1.89 bits per heavy atom. The topological polar surface area (TPSA) is 72.8 Å². The predicted molar refractivity (Wildman–Crippen MR) is 69.0 cm³/mol. The number of aryl methyl sites for hydroxylation is 1. The van der Waals surface area contributed by atoms with Crippen molar-refractivity contribution in [3.63, 3.8) is 0 Å². The maximum atomic E-state index is 11.7. The molecule has 0 saturated heterocycles. The molecular formula is C14H18O5. The first-order valence-corrected chi connectivity index (χ1v) is 5.88. The summed E-state index contributed by atoms with van der Waals surface area (Å²) >= 11 is 0. The smallest absolute Gasteiger partial charge is 0.344 e. The lowest BCUT2D eigenvalue weighted by molar-refractivity contribution is -0.158. The van der Waals surface area contributed by atoms with E-state index in [9.17, 15) is 14.7 Å². The van der Waals surface area contributed by atoms with Crippen molar-refractivity contribution in [1.29, 1.82) is 0 Å².